The predicted molar refractivity (Wildman–Crippen MR) is 47.7 cm³/mol. The first-order valence-electron chi connectivity index (χ1n) is 3.76. The van der Waals surface area contributed by atoms with Crippen LogP contribution in [0.15, 0.2) is 29.2 Å². The highest BCUT2D eigenvalue weighted by molar-refractivity contribution is 7.99. The van der Waals surface area contributed by atoms with Gasteiger partial charge in [-0.3, -0.25) is 0 Å². The van der Waals surface area contributed by atoms with Crippen molar-refractivity contribution >= 4 is 11.8 Å². The Balaban J connectivity index is 2.82. The maximum absolute atomic E-state index is 12.0. The zero-order valence-electron chi connectivity index (χ0n) is 6.76. The van der Waals surface area contributed by atoms with Gasteiger partial charge in [0.15, 0.2) is 0 Å². The van der Waals surface area contributed by atoms with Gasteiger partial charge in [-0.15, -0.1) is 0 Å². The van der Waals surface area contributed by atoms with E-state index in [1.165, 1.54) is 0 Å². The van der Waals surface area contributed by atoms with Crippen molar-refractivity contribution in [1.82, 2.24) is 0 Å². The molecular formula is C9H10F2S. The second-order valence-corrected chi connectivity index (χ2v) is 3.37. The summed E-state index contributed by atoms with van der Waals surface area (Å²) in [5, 5.41) is 0. The average Bonchev–Trinajstić information content (AvgIpc) is 2.04. The van der Waals surface area contributed by atoms with Crippen LogP contribution < -0.4 is 0 Å². The first-order chi connectivity index (χ1) is 5.74. The summed E-state index contributed by atoms with van der Waals surface area (Å²) in [5.74, 6) is -2.32. The minimum Gasteiger partial charge on any atom is -0.198 e. The Hall–Kier alpha value is -0.570. The molecule has 0 aliphatic carbocycles. The van der Waals surface area contributed by atoms with Gasteiger partial charge in [0.25, 0.3) is 5.76 Å². The van der Waals surface area contributed by atoms with E-state index in [-0.39, 0.29) is 0 Å². The number of halogens is 2. The Morgan fingerprint density at radius 1 is 1.33 bits per heavy atom. The Morgan fingerprint density at radius 3 is 2.58 bits per heavy atom. The van der Waals surface area contributed by atoms with Gasteiger partial charge < -0.3 is 0 Å². The first-order valence-corrected chi connectivity index (χ1v) is 4.64. The van der Waals surface area contributed by atoms with Crippen LogP contribution in [-0.4, -0.2) is 5.76 Å². The molecule has 0 aromatic heterocycles. The molecule has 0 radical (unpaired) electrons. The molecule has 0 heterocycles. The third-order valence-corrected chi connectivity index (χ3v) is 2.40. The molecule has 1 aromatic rings. The summed E-state index contributed by atoms with van der Waals surface area (Å²) >= 11 is 0.616. The number of aryl methyl sites for hydroxylation is 1. The van der Waals surface area contributed by atoms with E-state index in [9.17, 15) is 8.78 Å². The topological polar surface area (TPSA) is 0 Å². The molecule has 0 spiro atoms. The molecular weight excluding hydrogens is 178 g/mol. The minimum atomic E-state index is -2.32. The van der Waals surface area contributed by atoms with Gasteiger partial charge in [-0.2, -0.15) is 8.78 Å². The fourth-order valence-corrected chi connectivity index (χ4v) is 1.72. The fraction of sp³-hybridized carbons (Fsp3) is 0.333. The van der Waals surface area contributed by atoms with Crippen LogP contribution in [0.5, 0.6) is 0 Å². The van der Waals surface area contributed by atoms with Gasteiger partial charge in [-0.25, -0.2) is 0 Å². The van der Waals surface area contributed by atoms with Crippen molar-refractivity contribution in [3.05, 3.63) is 29.8 Å². The summed E-state index contributed by atoms with van der Waals surface area (Å²) in [6, 6.07) is 7.26. The Kier molecular flexibility index (Phi) is 3.53. The second-order valence-electron chi connectivity index (χ2n) is 2.34. The monoisotopic (exact) mass is 188 g/mol. The van der Waals surface area contributed by atoms with E-state index in [4.69, 9.17) is 0 Å². The molecule has 1 aromatic carbocycles. The van der Waals surface area contributed by atoms with E-state index in [0.717, 1.165) is 12.0 Å². The van der Waals surface area contributed by atoms with Gasteiger partial charge >= 0.3 is 0 Å². The van der Waals surface area contributed by atoms with Crippen molar-refractivity contribution in [2.75, 3.05) is 0 Å². The summed E-state index contributed by atoms with van der Waals surface area (Å²) in [6.07, 6.45) is 0.801. The molecule has 1 rings (SSSR count). The highest BCUT2D eigenvalue weighted by atomic mass is 32.2. The van der Waals surface area contributed by atoms with Gasteiger partial charge in [0.05, 0.1) is 0 Å². The molecule has 0 aliphatic heterocycles. The zero-order valence-corrected chi connectivity index (χ0v) is 7.57. The number of hydrogen-bond acceptors (Lipinski definition) is 1. The summed E-state index contributed by atoms with van der Waals surface area (Å²) in [7, 11) is 0. The molecule has 0 bridgehead atoms. The normalized spacial score (nSPS) is 10.7. The van der Waals surface area contributed by atoms with Crippen molar-refractivity contribution in [3.63, 3.8) is 0 Å². The van der Waals surface area contributed by atoms with E-state index in [0.29, 0.717) is 16.7 Å². The highest BCUT2D eigenvalue weighted by Gasteiger charge is 2.07. The molecule has 0 unspecified atom stereocenters. The maximum atomic E-state index is 12.0. The molecule has 0 amide bonds. The second kappa shape index (κ2) is 4.45. The van der Waals surface area contributed by atoms with Crippen LogP contribution in [0, 0.1) is 0 Å². The van der Waals surface area contributed by atoms with Crippen LogP contribution in [0.4, 0.5) is 8.78 Å². The van der Waals surface area contributed by atoms with Crippen molar-refractivity contribution in [3.8, 4) is 0 Å². The van der Waals surface area contributed by atoms with E-state index < -0.39 is 5.76 Å². The van der Waals surface area contributed by atoms with Gasteiger partial charge in [-0.1, -0.05) is 36.9 Å². The molecule has 0 saturated heterocycles. The number of alkyl halides is 2. The van der Waals surface area contributed by atoms with Gasteiger partial charge in [0, 0.05) is 4.90 Å². The third-order valence-electron chi connectivity index (χ3n) is 1.57. The Morgan fingerprint density at radius 2 is 2.00 bits per heavy atom. The SMILES string of the molecule is CCc1ccccc1SC(F)F. The van der Waals surface area contributed by atoms with Crippen molar-refractivity contribution in [2.45, 2.75) is 24.0 Å². The number of thioether (sulfide) groups is 1. The molecule has 12 heavy (non-hydrogen) atoms. The van der Waals surface area contributed by atoms with E-state index in [1.807, 2.05) is 19.1 Å². The minimum absolute atomic E-state index is 0.616. The fourth-order valence-electron chi connectivity index (χ4n) is 1.01. The van der Waals surface area contributed by atoms with Crippen LogP contribution in [0.2, 0.25) is 0 Å². The van der Waals surface area contributed by atoms with Crippen molar-refractivity contribution in [1.29, 1.82) is 0 Å². The lowest BCUT2D eigenvalue weighted by Crippen LogP contribution is -1.87. The van der Waals surface area contributed by atoms with Gasteiger partial charge in [0.1, 0.15) is 0 Å². The van der Waals surface area contributed by atoms with Crippen LogP contribution in [0.25, 0.3) is 0 Å². The molecule has 0 aliphatic rings. The highest BCUT2D eigenvalue weighted by Crippen LogP contribution is 2.28. The Bertz CT molecular complexity index is 248. The Labute approximate surface area is 75.0 Å². The lowest BCUT2D eigenvalue weighted by molar-refractivity contribution is 0.252. The molecule has 0 N–H and O–H groups in total. The number of rotatable bonds is 3. The van der Waals surface area contributed by atoms with Gasteiger partial charge in [0.2, 0.25) is 0 Å². The van der Waals surface area contributed by atoms with Crippen molar-refractivity contribution in [2.24, 2.45) is 0 Å². The van der Waals surface area contributed by atoms with Gasteiger partial charge in [-0.05, 0) is 18.1 Å². The number of benzene rings is 1. The standard InChI is InChI=1S/C9H10F2S/c1-2-7-5-3-4-6-8(7)12-9(10)11/h3-6,9H,2H2,1H3. The molecule has 0 atom stereocenters. The lowest BCUT2D eigenvalue weighted by atomic mass is 10.2. The quantitative estimate of drug-likeness (QED) is 0.653. The van der Waals surface area contributed by atoms with E-state index in [1.54, 1.807) is 12.1 Å². The molecule has 0 nitrogen and oxygen atoms in total. The molecule has 0 saturated carbocycles. The zero-order chi connectivity index (χ0) is 8.97. The molecule has 3 heteroatoms. The lowest BCUT2D eigenvalue weighted by Gasteiger charge is -2.04. The van der Waals surface area contributed by atoms with E-state index >= 15 is 0 Å². The number of hydrogen-bond donors (Lipinski definition) is 0. The summed E-state index contributed by atoms with van der Waals surface area (Å²) in [4.78, 5) is 0.690. The molecule has 0 fully saturated rings. The van der Waals surface area contributed by atoms with Crippen LogP contribution >= 0.6 is 11.8 Å². The maximum Gasteiger partial charge on any atom is 0.288 e. The average molecular weight is 188 g/mol. The van der Waals surface area contributed by atoms with E-state index in [2.05, 4.69) is 0 Å². The van der Waals surface area contributed by atoms with Crippen LogP contribution in [0.1, 0.15) is 12.5 Å². The largest absolute Gasteiger partial charge is 0.288 e. The van der Waals surface area contributed by atoms with Crippen LogP contribution in [0.3, 0.4) is 0 Å². The van der Waals surface area contributed by atoms with Crippen LogP contribution in [-0.2, 0) is 6.42 Å². The van der Waals surface area contributed by atoms with Crippen molar-refractivity contribution < 1.29 is 8.78 Å². The summed E-state index contributed by atoms with van der Waals surface area (Å²) < 4.78 is 24.0. The molecule has 66 valence electrons. The summed E-state index contributed by atoms with van der Waals surface area (Å²) in [5.41, 5.74) is 0.989. The predicted octanol–water partition coefficient (Wildman–Crippen LogP) is 3.56. The third kappa shape index (κ3) is 2.48. The smallest absolute Gasteiger partial charge is 0.198 e. The summed E-state index contributed by atoms with van der Waals surface area (Å²) in [6.45, 7) is 1.96. The first kappa shape index (κ1) is 9.52.